The molecule has 0 aliphatic heterocycles. The summed E-state index contributed by atoms with van der Waals surface area (Å²) in [6, 6.07) is 12.2. The molecule has 1 unspecified atom stereocenters. The molecule has 2 aromatic heterocycles. The Bertz CT molecular complexity index is 707. The van der Waals surface area contributed by atoms with Crippen molar-refractivity contribution in [3.8, 4) is 0 Å². The molecule has 0 saturated carbocycles. The van der Waals surface area contributed by atoms with Crippen LogP contribution in [-0.4, -0.2) is 15.2 Å². The van der Waals surface area contributed by atoms with Crippen LogP contribution in [0.15, 0.2) is 36.4 Å². The number of para-hydroxylation sites is 1. The summed E-state index contributed by atoms with van der Waals surface area (Å²) in [6.07, 6.45) is 0. The van der Waals surface area contributed by atoms with Crippen LogP contribution in [0.1, 0.15) is 22.7 Å². The lowest BCUT2D eigenvalue weighted by atomic mass is 10.3. The fourth-order valence-corrected chi connectivity index (χ4v) is 2.77. The van der Waals surface area contributed by atoms with Crippen LogP contribution >= 0.6 is 11.3 Å². The van der Waals surface area contributed by atoms with Gasteiger partial charge in [-0.2, -0.15) is 0 Å². The molecule has 5 heteroatoms. The van der Waals surface area contributed by atoms with Gasteiger partial charge >= 0.3 is 0 Å². The smallest absolute Gasteiger partial charge is 0.243 e. The highest BCUT2D eigenvalue weighted by molar-refractivity contribution is 7.12. The Morgan fingerprint density at radius 2 is 1.84 bits per heavy atom. The molecule has 0 aliphatic carbocycles. The zero-order valence-electron chi connectivity index (χ0n) is 10.8. The number of nitrogens with one attached hydrogen (secondary N) is 1. The average Bonchev–Trinajstić information content (AvgIpc) is 2.85. The first-order chi connectivity index (χ1) is 9.22. The third-order valence-electron chi connectivity index (χ3n) is 2.89. The van der Waals surface area contributed by atoms with Crippen molar-refractivity contribution in [2.45, 2.75) is 19.9 Å². The molecule has 0 spiro atoms. The molecule has 3 rings (SSSR count). The average molecular weight is 270 g/mol. The van der Waals surface area contributed by atoms with Gasteiger partial charge in [0, 0.05) is 9.75 Å². The second kappa shape index (κ2) is 4.93. The molecule has 1 N–H and O–H groups in total. The van der Waals surface area contributed by atoms with E-state index < -0.39 is 0 Å². The number of hydrogen-bond acceptors (Lipinski definition) is 5. The first-order valence-electron chi connectivity index (χ1n) is 6.15. The lowest BCUT2D eigenvalue weighted by Crippen LogP contribution is -2.09. The van der Waals surface area contributed by atoms with Crippen molar-refractivity contribution in [1.82, 2.24) is 15.2 Å². The largest absolute Gasteiger partial charge is 0.346 e. The topological polar surface area (TPSA) is 50.7 Å². The number of rotatable bonds is 3. The van der Waals surface area contributed by atoms with Gasteiger partial charge < -0.3 is 5.32 Å². The third kappa shape index (κ3) is 2.56. The van der Waals surface area contributed by atoms with E-state index in [0.29, 0.717) is 5.95 Å². The Hall–Kier alpha value is -2.01. The van der Waals surface area contributed by atoms with E-state index >= 15 is 0 Å². The first-order valence-corrected chi connectivity index (χ1v) is 6.96. The van der Waals surface area contributed by atoms with Crippen molar-refractivity contribution in [2.24, 2.45) is 0 Å². The van der Waals surface area contributed by atoms with Crippen molar-refractivity contribution in [3.05, 3.63) is 46.2 Å². The van der Waals surface area contributed by atoms with E-state index in [9.17, 15) is 0 Å². The van der Waals surface area contributed by atoms with E-state index in [1.807, 2.05) is 24.3 Å². The maximum Gasteiger partial charge on any atom is 0.243 e. The summed E-state index contributed by atoms with van der Waals surface area (Å²) in [4.78, 5) is 7.05. The molecular weight excluding hydrogens is 256 g/mol. The minimum atomic E-state index is 0.182. The monoisotopic (exact) mass is 270 g/mol. The molecule has 96 valence electrons. The highest BCUT2D eigenvalue weighted by atomic mass is 32.1. The molecule has 0 saturated heterocycles. The van der Waals surface area contributed by atoms with Crippen LogP contribution in [0.5, 0.6) is 0 Å². The highest BCUT2D eigenvalue weighted by Gasteiger charge is 2.09. The summed E-state index contributed by atoms with van der Waals surface area (Å²) in [5.74, 6) is 0.567. The minimum Gasteiger partial charge on any atom is -0.346 e. The Morgan fingerprint density at radius 1 is 1.05 bits per heavy atom. The van der Waals surface area contributed by atoms with Gasteiger partial charge in [0.15, 0.2) is 0 Å². The molecule has 1 aromatic carbocycles. The Kier molecular flexibility index (Phi) is 3.13. The molecule has 0 fully saturated rings. The predicted molar refractivity (Wildman–Crippen MR) is 78.4 cm³/mol. The zero-order chi connectivity index (χ0) is 13.2. The summed E-state index contributed by atoms with van der Waals surface area (Å²) in [7, 11) is 0. The molecule has 1 atom stereocenters. The van der Waals surface area contributed by atoms with Gasteiger partial charge in [-0.25, -0.2) is 4.98 Å². The van der Waals surface area contributed by atoms with Crippen LogP contribution < -0.4 is 5.32 Å². The number of benzene rings is 1. The van der Waals surface area contributed by atoms with E-state index in [2.05, 4.69) is 46.5 Å². The van der Waals surface area contributed by atoms with Gasteiger partial charge in [-0.05, 0) is 38.1 Å². The summed E-state index contributed by atoms with van der Waals surface area (Å²) in [5.41, 5.74) is 1.67. The summed E-state index contributed by atoms with van der Waals surface area (Å²) in [6.45, 7) is 4.21. The minimum absolute atomic E-state index is 0.182. The lowest BCUT2D eigenvalue weighted by molar-refractivity contribution is 0.866. The van der Waals surface area contributed by atoms with Crippen molar-refractivity contribution in [2.75, 3.05) is 5.32 Å². The van der Waals surface area contributed by atoms with Crippen molar-refractivity contribution >= 4 is 28.3 Å². The fourth-order valence-electron chi connectivity index (χ4n) is 1.89. The molecule has 19 heavy (non-hydrogen) atoms. The lowest BCUT2D eigenvalue weighted by Gasteiger charge is -2.11. The molecule has 2 heterocycles. The summed E-state index contributed by atoms with van der Waals surface area (Å²) in [5, 5.41) is 11.6. The number of aryl methyl sites for hydroxylation is 1. The number of fused-ring (bicyclic) bond motifs is 1. The van der Waals surface area contributed by atoms with E-state index in [4.69, 9.17) is 0 Å². The van der Waals surface area contributed by atoms with Gasteiger partial charge in [0.05, 0.1) is 11.6 Å². The molecule has 4 nitrogen and oxygen atoms in total. The van der Waals surface area contributed by atoms with Crippen molar-refractivity contribution < 1.29 is 0 Å². The standard InChI is InChI=1S/C14H14N4S/c1-9-7-8-13(19-9)10(2)15-14-16-11-5-3-4-6-12(11)17-18-14/h3-8,10H,1-2H3,(H,15,16,18). The van der Waals surface area contributed by atoms with E-state index in [1.165, 1.54) is 9.75 Å². The summed E-state index contributed by atoms with van der Waals surface area (Å²) < 4.78 is 0. The van der Waals surface area contributed by atoms with E-state index in [-0.39, 0.29) is 6.04 Å². The Morgan fingerprint density at radius 3 is 2.58 bits per heavy atom. The number of anilines is 1. The van der Waals surface area contributed by atoms with E-state index in [1.54, 1.807) is 11.3 Å². The molecule has 0 amide bonds. The zero-order valence-corrected chi connectivity index (χ0v) is 11.6. The second-order valence-electron chi connectivity index (χ2n) is 4.44. The van der Waals surface area contributed by atoms with Gasteiger partial charge in [0.25, 0.3) is 0 Å². The van der Waals surface area contributed by atoms with Gasteiger partial charge in [-0.3, -0.25) is 0 Å². The van der Waals surface area contributed by atoms with Crippen LogP contribution in [0.3, 0.4) is 0 Å². The SMILES string of the molecule is Cc1ccc(C(C)Nc2nnc3ccccc3n2)s1. The van der Waals surface area contributed by atoms with Gasteiger partial charge in [-0.15, -0.1) is 21.5 Å². The van der Waals surface area contributed by atoms with Gasteiger partial charge in [0.2, 0.25) is 5.95 Å². The highest BCUT2D eigenvalue weighted by Crippen LogP contribution is 2.24. The normalized spacial score (nSPS) is 12.5. The predicted octanol–water partition coefficient (Wildman–Crippen LogP) is 3.57. The number of nitrogens with zero attached hydrogens (tertiary/aromatic N) is 3. The van der Waals surface area contributed by atoms with Crippen LogP contribution in [0.25, 0.3) is 11.0 Å². The van der Waals surface area contributed by atoms with Crippen LogP contribution in [0, 0.1) is 6.92 Å². The fraction of sp³-hybridized carbons (Fsp3) is 0.214. The Balaban J connectivity index is 1.84. The quantitative estimate of drug-likeness (QED) is 0.790. The van der Waals surface area contributed by atoms with Crippen LogP contribution in [-0.2, 0) is 0 Å². The number of thiophene rings is 1. The number of hydrogen-bond donors (Lipinski definition) is 1. The molecular formula is C14H14N4S. The first kappa shape index (κ1) is 12.0. The molecule has 0 aliphatic rings. The molecule has 0 radical (unpaired) electrons. The van der Waals surface area contributed by atoms with E-state index in [0.717, 1.165) is 11.0 Å². The van der Waals surface area contributed by atoms with Gasteiger partial charge in [0.1, 0.15) is 5.52 Å². The second-order valence-corrected chi connectivity index (χ2v) is 5.76. The summed E-state index contributed by atoms with van der Waals surface area (Å²) >= 11 is 1.78. The molecule has 0 bridgehead atoms. The van der Waals surface area contributed by atoms with Crippen LogP contribution in [0.4, 0.5) is 5.95 Å². The third-order valence-corrected chi connectivity index (χ3v) is 4.08. The maximum absolute atomic E-state index is 4.47. The molecule has 3 aromatic rings. The maximum atomic E-state index is 4.47. The van der Waals surface area contributed by atoms with Crippen molar-refractivity contribution in [3.63, 3.8) is 0 Å². The van der Waals surface area contributed by atoms with Gasteiger partial charge in [-0.1, -0.05) is 12.1 Å². The van der Waals surface area contributed by atoms with Crippen LogP contribution in [0.2, 0.25) is 0 Å². The Labute approximate surface area is 115 Å². The van der Waals surface area contributed by atoms with Crippen molar-refractivity contribution in [1.29, 1.82) is 0 Å². The number of aromatic nitrogens is 3.